The third kappa shape index (κ3) is 6.03. The minimum absolute atomic E-state index is 0.0333. The van der Waals surface area contributed by atoms with E-state index < -0.39 is 50.6 Å². The van der Waals surface area contributed by atoms with Gasteiger partial charge in [0.15, 0.2) is 11.8 Å². The molecule has 40 heavy (non-hydrogen) atoms. The Labute approximate surface area is 226 Å². The van der Waals surface area contributed by atoms with Gasteiger partial charge in [-0.25, -0.2) is 18.1 Å². The average Bonchev–Trinajstić information content (AvgIpc) is 3.19. The summed E-state index contributed by atoms with van der Waals surface area (Å²) >= 11 is 0. The van der Waals surface area contributed by atoms with Gasteiger partial charge in [-0.05, 0) is 54.6 Å². The van der Waals surface area contributed by atoms with Crippen LogP contribution in [0.5, 0.6) is 23.0 Å². The van der Waals surface area contributed by atoms with E-state index in [1.807, 2.05) is 0 Å². The van der Waals surface area contributed by atoms with Crippen molar-refractivity contribution in [1.29, 1.82) is 0 Å². The van der Waals surface area contributed by atoms with Crippen molar-refractivity contribution in [3.8, 4) is 23.0 Å². The van der Waals surface area contributed by atoms with Gasteiger partial charge in [0.2, 0.25) is 0 Å². The number of aromatic nitrogens is 2. The highest BCUT2D eigenvalue weighted by Crippen LogP contribution is 2.52. The molecule has 0 aliphatic carbocycles. The van der Waals surface area contributed by atoms with Crippen LogP contribution in [0, 0.1) is 0 Å². The van der Waals surface area contributed by atoms with Crippen molar-refractivity contribution in [3.05, 3.63) is 71.3 Å². The van der Waals surface area contributed by atoms with Crippen LogP contribution in [0.25, 0.3) is 0 Å². The highest BCUT2D eigenvalue weighted by atomic mass is 31.2. The first kappa shape index (κ1) is 29.2. The summed E-state index contributed by atoms with van der Waals surface area (Å²) in [6, 6.07) is 12.6. The Morgan fingerprint density at radius 2 is 1.50 bits per heavy atom. The average molecular weight is 585 g/mol. The molecule has 1 fully saturated rings. The van der Waals surface area contributed by atoms with E-state index in [0.29, 0.717) is 16.1 Å². The van der Waals surface area contributed by atoms with Gasteiger partial charge in [0.25, 0.3) is 6.43 Å². The van der Waals surface area contributed by atoms with Crippen LogP contribution in [0.15, 0.2) is 65.6 Å². The number of halogens is 2. The molecule has 0 radical (unpaired) electrons. The molecule has 1 aliphatic rings. The van der Waals surface area contributed by atoms with Crippen molar-refractivity contribution < 1.29 is 51.3 Å². The number of aliphatic hydroxyl groups is 2. The Hall–Kier alpha value is -3.75. The number of methoxy groups -OCH3 is 2. The highest BCUT2D eigenvalue weighted by Gasteiger charge is 2.62. The Kier molecular flexibility index (Phi) is 8.61. The Morgan fingerprint density at radius 3 is 1.95 bits per heavy atom. The van der Waals surface area contributed by atoms with Crippen molar-refractivity contribution in [3.63, 3.8) is 0 Å². The molecule has 4 atom stereocenters. The molecule has 1 aromatic heterocycles. The zero-order chi connectivity index (χ0) is 29.1. The van der Waals surface area contributed by atoms with Crippen LogP contribution in [0.2, 0.25) is 0 Å². The standard InChI is InChI=1S/C24H26F2N3O10P/c1-34-14-3-7-16(8-4-14)38-40(33,39-17-9-5-15(35-2)6-10-17)36-13-24(22(25)26)20(31)19(30)21(37-24)29-12-11-18(27)28-23(29)32/h3-12,19-22,30-31H,13H2,1-2H3,(H2,27,28,32)/t19-,20-,21-,24-/m1/s1. The first-order valence-corrected chi connectivity index (χ1v) is 13.0. The van der Waals surface area contributed by atoms with Gasteiger partial charge in [0, 0.05) is 6.20 Å². The van der Waals surface area contributed by atoms with Gasteiger partial charge >= 0.3 is 13.5 Å². The molecule has 0 spiro atoms. The normalized spacial score (nSPS) is 22.7. The summed E-state index contributed by atoms with van der Waals surface area (Å²) in [6.07, 6.45) is -8.60. The lowest BCUT2D eigenvalue weighted by Crippen LogP contribution is -2.52. The summed E-state index contributed by atoms with van der Waals surface area (Å²) in [7, 11) is -1.92. The molecular weight excluding hydrogens is 559 g/mol. The van der Waals surface area contributed by atoms with Gasteiger partial charge in [0.05, 0.1) is 20.8 Å². The number of phosphoric ester groups is 1. The quantitative estimate of drug-likeness (QED) is 0.281. The largest absolute Gasteiger partial charge is 0.587 e. The lowest BCUT2D eigenvalue weighted by atomic mass is 9.96. The number of hydrogen-bond acceptors (Lipinski definition) is 12. The molecule has 0 saturated carbocycles. The zero-order valence-corrected chi connectivity index (χ0v) is 22.0. The molecular formula is C24H26F2N3O10P. The number of anilines is 1. The number of aliphatic hydroxyl groups excluding tert-OH is 2. The van der Waals surface area contributed by atoms with Crippen LogP contribution in [-0.4, -0.2) is 64.8 Å². The fraction of sp³-hybridized carbons (Fsp3) is 0.333. The number of nitrogens with two attached hydrogens (primary N) is 1. The second-order valence-corrected chi connectivity index (χ2v) is 10.0. The molecule has 4 rings (SSSR count). The van der Waals surface area contributed by atoms with Crippen molar-refractivity contribution in [2.75, 3.05) is 26.6 Å². The molecule has 0 bridgehead atoms. The smallest absolute Gasteiger partial charge is 0.497 e. The van der Waals surface area contributed by atoms with E-state index >= 15 is 0 Å². The summed E-state index contributed by atoms with van der Waals surface area (Å²) in [5, 5.41) is 21.2. The number of benzene rings is 2. The molecule has 4 N–H and O–H groups in total. The van der Waals surface area contributed by atoms with E-state index in [1.165, 1.54) is 68.8 Å². The van der Waals surface area contributed by atoms with Crippen LogP contribution in [0.1, 0.15) is 6.23 Å². The first-order valence-electron chi connectivity index (χ1n) is 11.6. The number of nitrogens with zero attached hydrogens (tertiary/aromatic N) is 2. The van der Waals surface area contributed by atoms with Gasteiger partial charge < -0.3 is 39.2 Å². The van der Waals surface area contributed by atoms with E-state index in [1.54, 1.807) is 0 Å². The van der Waals surface area contributed by atoms with Crippen molar-refractivity contribution in [2.24, 2.45) is 0 Å². The topological polar surface area (TPSA) is 174 Å². The zero-order valence-electron chi connectivity index (χ0n) is 21.1. The summed E-state index contributed by atoms with van der Waals surface area (Å²) in [5.41, 5.74) is 1.46. The Balaban J connectivity index is 1.64. The maximum absolute atomic E-state index is 14.5. The number of alkyl halides is 2. The van der Waals surface area contributed by atoms with Crippen molar-refractivity contribution in [2.45, 2.75) is 30.5 Å². The van der Waals surface area contributed by atoms with Crippen LogP contribution in [0.3, 0.4) is 0 Å². The molecule has 216 valence electrons. The molecule has 2 heterocycles. The molecule has 0 unspecified atom stereocenters. The van der Waals surface area contributed by atoms with E-state index in [2.05, 4.69) is 4.98 Å². The molecule has 0 amide bonds. The van der Waals surface area contributed by atoms with Crippen molar-refractivity contribution in [1.82, 2.24) is 9.55 Å². The molecule has 3 aromatic rings. The molecule has 16 heteroatoms. The Morgan fingerprint density at radius 1 is 1.00 bits per heavy atom. The maximum atomic E-state index is 14.5. The summed E-state index contributed by atoms with van der Waals surface area (Å²) in [6.45, 7) is -1.29. The van der Waals surface area contributed by atoms with Gasteiger partial charge in [0.1, 0.15) is 41.0 Å². The van der Waals surface area contributed by atoms with E-state index in [4.69, 9.17) is 33.5 Å². The molecule has 2 aromatic carbocycles. The number of rotatable bonds is 11. The van der Waals surface area contributed by atoms with Gasteiger partial charge in [-0.15, -0.1) is 0 Å². The lowest BCUT2D eigenvalue weighted by molar-refractivity contribution is -0.193. The second-order valence-electron chi connectivity index (χ2n) is 8.50. The highest BCUT2D eigenvalue weighted by molar-refractivity contribution is 7.49. The monoisotopic (exact) mass is 585 g/mol. The van der Waals surface area contributed by atoms with Gasteiger partial charge in [-0.3, -0.25) is 9.09 Å². The van der Waals surface area contributed by atoms with E-state index in [-0.39, 0.29) is 17.3 Å². The van der Waals surface area contributed by atoms with Crippen molar-refractivity contribution >= 4 is 13.6 Å². The van der Waals surface area contributed by atoms with Crippen LogP contribution >= 0.6 is 7.82 Å². The Bertz CT molecular complexity index is 1360. The van der Waals surface area contributed by atoms with E-state index in [9.17, 15) is 28.4 Å². The minimum atomic E-state index is -4.78. The number of phosphoric acid groups is 1. The first-order chi connectivity index (χ1) is 19.0. The number of ether oxygens (including phenoxy) is 3. The predicted octanol–water partition coefficient (Wildman–Crippen LogP) is 2.38. The van der Waals surface area contributed by atoms with E-state index in [0.717, 1.165) is 6.20 Å². The third-order valence-electron chi connectivity index (χ3n) is 5.95. The molecule has 1 saturated heterocycles. The fourth-order valence-corrected chi connectivity index (χ4v) is 5.06. The second kappa shape index (κ2) is 11.8. The minimum Gasteiger partial charge on any atom is -0.497 e. The maximum Gasteiger partial charge on any atom is 0.587 e. The summed E-state index contributed by atoms with van der Waals surface area (Å²) in [4.78, 5) is 15.7. The summed E-state index contributed by atoms with van der Waals surface area (Å²) in [5.74, 6) is 0.671. The van der Waals surface area contributed by atoms with Crippen LogP contribution in [-0.2, 0) is 13.8 Å². The fourth-order valence-electron chi connectivity index (χ4n) is 3.80. The van der Waals surface area contributed by atoms with Gasteiger partial charge in [-0.2, -0.15) is 4.98 Å². The number of nitrogen functional groups attached to an aromatic ring is 1. The van der Waals surface area contributed by atoms with Crippen LogP contribution in [0.4, 0.5) is 14.6 Å². The lowest BCUT2D eigenvalue weighted by Gasteiger charge is -2.31. The number of hydrogen-bond donors (Lipinski definition) is 3. The van der Waals surface area contributed by atoms with Crippen LogP contribution < -0.4 is 29.9 Å². The SMILES string of the molecule is COc1ccc(OP(=O)(OC[C@@]2(C(F)F)O[C@@H](n3ccc(N)nc3=O)[C@H](O)[C@H]2O)Oc2ccc(OC)cc2)cc1. The molecule has 1 aliphatic heterocycles. The molecule has 13 nitrogen and oxygen atoms in total. The summed E-state index contributed by atoms with van der Waals surface area (Å²) < 4.78 is 75.1. The third-order valence-corrected chi connectivity index (χ3v) is 7.27. The van der Waals surface area contributed by atoms with Gasteiger partial charge in [-0.1, -0.05) is 0 Å². The predicted molar refractivity (Wildman–Crippen MR) is 135 cm³/mol.